The van der Waals surface area contributed by atoms with Crippen molar-refractivity contribution in [2.45, 2.75) is 18.8 Å². The van der Waals surface area contributed by atoms with Crippen molar-refractivity contribution in [3.05, 3.63) is 83.4 Å². The fraction of sp³-hybridized carbons (Fsp3) is 0.304. The minimum absolute atomic E-state index is 0.126. The molecule has 1 aromatic heterocycles. The molecule has 2 unspecified atom stereocenters. The van der Waals surface area contributed by atoms with Crippen molar-refractivity contribution in [1.29, 1.82) is 0 Å². The number of ether oxygens (including phenoxy) is 1. The minimum atomic E-state index is -0.687. The van der Waals surface area contributed by atoms with Crippen LogP contribution >= 0.6 is 11.6 Å². The second-order valence-electron chi connectivity index (χ2n) is 7.71. The maximum absolute atomic E-state index is 11.7. The number of para-hydroxylation sites is 1. The van der Waals surface area contributed by atoms with Gasteiger partial charge in [-0.05, 0) is 12.1 Å². The van der Waals surface area contributed by atoms with Gasteiger partial charge >= 0.3 is 0 Å². The minimum Gasteiger partial charge on any atom is -0.368 e. The summed E-state index contributed by atoms with van der Waals surface area (Å²) < 4.78 is 8.42. The number of benzene rings is 2. The number of epoxide rings is 1. The Morgan fingerprint density at radius 1 is 1.07 bits per heavy atom. The van der Waals surface area contributed by atoms with Gasteiger partial charge in [-0.2, -0.15) is 0 Å². The predicted molar refractivity (Wildman–Crippen MR) is 115 cm³/mol. The summed E-state index contributed by atoms with van der Waals surface area (Å²) in [7, 11) is 0. The maximum Gasteiger partial charge on any atom is 0.219 e. The molecule has 7 heteroatoms. The van der Waals surface area contributed by atoms with Crippen LogP contribution in [0.4, 0.5) is 5.69 Å². The Labute approximate surface area is 180 Å². The lowest BCUT2D eigenvalue weighted by Crippen LogP contribution is -2.48. The van der Waals surface area contributed by atoms with E-state index in [0.717, 1.165) is 29.9 Å². The summed E-state index contributed by atoms with van der Waals surface area (Å²) in [6, 6.07) is 16.2. The van der Waals surface area contributed by atoms with Gasteiger partial charge < -0.3 is 19.1 Å². The van der Waals surface area contributed by atoms with Crippen LogP contribution in [0.25, 0.3) is 0 Å². The third kappa shape index (κ3) is 3.07. The fourth-order valence-electron chi connectivity index (χ4n) is 4.45. The summed E-state index contributed by atoms with van der Waals surface area (Å²) in [6.45, 7) is 4.63. The second-order valence-corrected chi connectivity index (χ2v) is 8.11. The smallest absolute Gasteiger partial charge is 0.219 e. The van der Waals surface area contributed by atoms with Gasteiger partial charge in [0.05, 0.1) is 6.33 Å². The van der Waals surface area contributed by atoms with Crippen molar-refractivity contribution < 1.29 is 9.53 Å². The number of carbonyl (C=O) groups is 1. The van der Waals surface area contributed by atoms with E-state index in [1.165, 1.54) is 0 Å². The number of amides is 1. The van der Waals surface area contributed by atoms with Crippen LogP contribution in [0.1, 0.15) is 24.3 Å². The van der Waals surface area contributed by atoms with E-state index in [0.29, 0.717) is 18.1 Å². The predicted octanol–water partition coefficient (Wildman–Crippen LogP) is 3.68. The zero-order valence-electron chi connectivity index (χ0n) is 16.7. The van der Waals surface area contributed by atoms with Gasteiger partial charge in [-0.3, -0.25) is 4.79 Å². The van der Waals surface area contributed by atoms with E-state index in [2.05, 4.69) is 22.0 Å². The average Bonchev–Trinajstić information content (AvgIpc) is 3.27. The Balaban J connectivity index is 1.58. The summed E-state index contributed by atoms with van der Waals surface area (Å²) in [4.78, 5) is 20.2. The van der Waals surface area contributed by atoms with Crippen LogP contribution in [-0.4, -0.2) is 46.5 Å². The second kappa shape index (κ2) is 7.45. The van der Waals surface area contributed by atoms with Gasteiger partial charge in [0.2, 0.25) is 5.91 Å². The topological polar surface area (TPSA) is 53.9 Å². The molecular weight excluding hydrogens is 400 g/mol. The lowest BCUT2D eigenvalue weighted by atomic mass is 9.88. The number of halogens is 1. The number of carbonyl (C=O) groups excluding carboxylic acids is 1. The van der Waals surface area contributed by atoms with Crippen molar-refractivity contribution in [3.63, 3.8) is 0 Å². The molecule has 3 heterocycles. The lowest BCUT2D eigenvalue weighted by Gasteiger charge is -2.37. The Bertz CT molecular complexity index is 1060. The Hall–Kier alpha value is -2.83. The molecule has 3 aromatic rings. The van der Waals surface area contributed by atoms with Crippen LogP contribution < -0.4 is 4.90 Å². The molecule has 2 aromatic carbocycles. The fourth-order valence-corrected chi connectivity index (χ4v) is 4.72. The molecular formula is C23H23ClN4O2. The van der Waals surface area contributed by atoms with Crippen LogP contribution in [0.15, 0.2) is 67.3 Å². The number of aromatic nitrogens is 2. The molecule has 2 aliphatic heterocycles. The molecule has 6 nitrogen and oxygen atoms in total. The zero-order chi connectivity index (χ0) is 20.7. The van der Waals surface area contributed by atoms with Crippen molar-refractivity contribution in [1.82, 2.24) is 14.5 Å². The van der Waals surface area contributed by atoms with E-state index in [-0.39, 0.29) is 12.1 Å². The van der Waals surface area contributed by atoms with Crippen LogP contribution in [0.2, 0.25) is 5.02 Å². The highest BCUT2D eigenvalue weighted by Crippen LogP contribution is 2.61. The van der Waals surface area contributed by atoms with Crippen molar-refractivity contribution in [2.24, 2.45) is 0 Å². The molecule has 1 amide bonds. The van der Waals surface area contributed by atoms with Gasteiger partial charge in [0.1, 0.15) is 0 Å². The number of hydrogen-bond donors (Lipinski definition) is 0. The molecule has 0 radical (unpaired) electrons. The van der Waals surface area contributed by atoms with Crippen molar-refractivity contribution in [2.75, 3.05) is 31.1 Å². The van der Waals surface area contributed by atoms with Gasteiger partial charge in [0, 0.05) is 67.3 Å². The van der Waals surface area contributed by atoms with E-state index in [4.69, 9.17) is 16.3 Å². The first-order valence-corrected chi connectivity index (χ1v) is 10.5. The summed E-state index contributed by atoms with van der Waals surface area (Å²) in [5.41, 5.74) is 2.45. The first-order chi connectivity index (χ1) is 14.6. The van der Waals surface area contributed by atoms with Gasteiger partial charge in [0.25, 0.3) is 0 Å². The number of hydrogen-bond acceptors (Lipinski definition) is 4. The SMILES string of the molecule is CC(=O)N1CCN(c2ccccc2C2(c3ccccc3Cl)OC2n2ccnc2)CC1. The van der Waals surface area contributed by atoms with Crippen LogP contribution in [0.5, 0.6) is 0 Å². The molecule has 0 saturated carbocycles. The molecule has 154 valence electrons. The van der Waals surface area contributed by atoms with E-state index < -0.39 is 5.60 Å². The summed E-state index contributed by atoms with van der Waals surface area (Å²) >= 11 is 6.65. The lowest BCUT2D eigenvalue weighted by molar-refractivity contribution is -0.129. The normalized spacial score (nSPS) is 23.5. The first-order valence-electron chi connectivity index (χ1n) is 10.1. The van der Waals surface area contributed by atoms with Crippen molar-refractivity contribution in [3.8, 4) is 0 Å². The Kier molecular flexibility index (Phi) is 4.76. The van der Waals surface area contributed by atoms with Crippen LogP contribution in [0, 0.1) is 0 Å². The molecule has 2 saturated heterocycles. The summed E-state index contributed by atoms with van der Waals surface area (Å²) in [6.07, 6.45) is 5.22. The molecule has 2 fully saturated rings. The Morgan fingerprint density at radius 3 is 2.43 bits per heavy atom. The maximum atomic E-state index is 11.7. The third-order valence-corrected chi connectivity index (χ3v) is 6.36. The molecule has 0 N–H and O–H groups in total. The highest BCUT2D eigenvalue weighted by atomic mass is 35.5. The number of piperazine rings is 1. The number of anilines is 1. The zero-order valence-corrected chi connectivity index (χ0v) is 17.5. The van der Waals surface area contributed by atoms with Crippen LogP contribution in [0.3, 0.4) is 0 Å². The number of nitrogens with zero attached hydrogens (tertiary/aromatic N) is 4. The van der Waals surface area contributed by atoms with Gasteiger partial charge in [-0.25, -0.2) is 4.98 Å². The highest BCUT2D eigenvalue weighted by Gasteiger charge is 2.62. The van der Waals surface area contributed by atoms with E-state index in [1.54, 1.807) is 19.4 Å². The van der Waals surface area contributed by atoms with E-state index in [9.17, 15) is 4.79 Å². The summed E-state index contributed by atoms with van der Waals surface area (Å²) in [5, 5.41) is 0.677. The average molecular weight is 423 g/mol. The van der Waals surface area contributed by atoms with Gasteiger partial charge in [0.15, 0.2) is 11.8 Å². The first kappa shape index (κ1) is 19.2. The number of rotatable bonds is 4. The van der Waals surface area contributed by atoms with Crippen molar-refractivity contribution >= 4 is 23.2 Å². The third-order valence-electron chi connectivity index (χ3n) is 6.03. The monoisotopic (exact) mass is 422 g/mol. The number of imidazole rings is 1. The van der Waals surface area contributed by atoms with Gasteiger partial charge in [-0.15, -0.1) is 0 Å². The highest BCUT2D eigenvalue weighted by molar-refractivity contribution is 6.31. The summed E-state index contributed by atoms with van der Waals surface area (Å²) in [5.74, 6) is 0.126. The Morgan fingerprint density at radius 2 is 1.77 bits per heavy atom. The molecule has 5 rings (SSSR count). The molecule has 0 bridgehead atoms. The van der Waals surface area contributed by atoms with E-state index >= 15 is 0 Å². The molecule has 0 spiro atoms. The van der Waals surface area contributed by atoms with Crippen LogP contribution in [-0.2, 0) is 15.1 Å². The standard InChI is InChI=1S/C23H23ClN4O2/c1-17(29)26-12-14-27(15-13-26)21-9-5-3-7-19(21)23(18-6-2-4-8-20(18)24)22(30-23)28-11-10-25-16-28/h2-11,16,22H,12-15H2,1H3. The molecule has 0 aliphatic carbocycles. The van der Waals surface area contributed by atoms with Gasteiger partial charge in [-0.1, -0.05) is 48.0 Å². The van der Waals surface area contributed by atoms with E-state index in [1.807, 2.05) is 52.1 Å². The molecule has 2 atom stereocenters. The quantitative estimate of drug-likeness (QED) is 0.602. The molecule has 2 aliphatic rings. The largest absolute Gasteiger partial charge is 0.368 e. The molecule has 30 heavy (non-hydrogen) atoms.